The number of carbonyl (C=O) groups excluding carboxylic acids is 3. The molecule has 7 nitrogen and oxygen atoms in total. The highest BCUT2D eigenvalue weighted by Gasteiger charge is 2.52. The van der Waals surface area contributed by atoms with Gasteiger partial charge in [0.05, 0.1) is 6.04 Å². The number of aromatic nitrogens is 1. The van der Waals surface area contributed by atoms with E-state index < -0.39 is 11.6 Å². The number of imide groups is 1. The van der Waals surface area contributed by atoms with Crippen LogP contribution in [0.25, 0.3) is 0 Å². The van der Waals surface area contributed by atoms with E-state index in [-0.39, 0.29) is 24.4 Å². The van der Waals surface area contributed by atoms with E-state index in [1.807, 2.05) is 48.7 Å². The van der Waals surface area contributed by atoms with Crippen LogP contribution < -0.4 is 5.32 Å². The van der Waals surface area contributed by atoms with Gasteiger partial charge in [-0.3, -0.25) is 14.5 Å². The van der Waals surface area contributed by atoms with Gasteiger partial charge in [0.2, 0.25) is 5.91 Å². The molecule has 1 aromatic heterocycles. The Kier molecular flexibility index (Phi) is 4.60. The van der Waals surface area contributed by atoms with Gasteiger partial charge in [0.1, 0.15) is 12.1 Å². The molecule has 1 aromatic carbocycles. The zero-order valence-electron chi connectivity index (χ0n) is 16.9. The molecule has 7 heteroatoms. The molecule has 1 saturated heterocycles. The number of hydrogen-bond acceptors (Lipinski definition) is 3. The number of fused-ring (bicyclic) bond motifs is 1. The highest BCUT2D eigenvalue weighted by Crippen LogP contribution is 2.35. The minimum Gasteiger partial charge on any atom is -0.348 e. The van der Waals surface area contributed by atoms with E-state index in [0.717, 1.165) is 35.4 Å². The summed E-state index contributed by atoms with van der Waals surface area (Å²) in [7, 11) is 0. The zero-order valence-corrected chi connectivity index (χ0v) is 16.9. The molecule has 4 amide bonds. The lowest BCUT2D eigenvalue weighted by Gasteiger charge is -2.38. The summed E-state index contributed by atoms with van der Waals surface area (Å²) in [6, 6.07) is 13.3. The highest BCUT2D eigenvalue weighted by molar-refractivity contribution is 6.09. The maximum atomic E-state index is 13.4. The Balaban J connectivity index is 1.40. The van der Waals surface area contributed by atoms with E-state index >= 15 is 0 Å². The first-order chi connectivity index (χ1) is 14.6. The number of nitrogens with zero attached hydrogens (tertiary/aromatic N) is 3. The van der Waals surface area contributed by atoms with E-state index in [1.54, 1.807) is 4.90 Å². The minimum atomic E-state index is -0.801. The number of nitrogens with one attached hydrogen (secondary N) is 1. The SMILES string of the molecule is O=C1NC2(CCCCC2)C(=O)N1CC(=O)N1CCn2cccc2C1c1ccccc1. The van der Waals surface area contributed by atoms with E-state index in [2.05, 4.69) is 9.88 Å². The van der Waals surface area contributed by atoms with Gasteiger partial charge in [-0.15, -0.1) is 0 Å². The Morgan fingerprint density at radius 3 is 2.53 bits per heavy atom. The largest absolute Gasteiger partial charge is 0.348 e. The van der Waals surface area contributed by atoms with Crippen molar-refractivity contribution in [2.45, 2.75) is 50.2 Å². The lowest BCUT2D eigenvalue weighted by atomic mass is 9.82. The third-order valence-electron chi connectivity index (χ3n) is 6.72. The van der Waals surface area contributed by atoms with Crippen LogP contribution in [0.3, 0.4) is 0 Å². The van der Waals surface area contributed by atoms with Gasteiger partial charge in [0.15, 0.2) is 0 Å². The molecule has 2 fully saturated rings. The maximum Gasteiger partial charge on any atom is 0.325 e. The molecule has 0 radical (unpaired) electrons. The number of carbonyl (C=O) groups is 3. The van der Waals surface area contributed by atoms with Crippen molar-refractivity contribution in [3.63, 3.8) is 0 Å². The van der Waals surface area contributed by atoms with Crippen LogP contribution in [-0.4, -0.2) is 50.8 Å². The molecule has 1 atom stereocenters. The Bertz CT molecular complexity index is 977. The molecule has 1 N–H and O–H groups in total. The van der Waals surface area contributed by atoms with Gasteiger partial charge in [-0.05, 0) is 30.5 Å². The molecule has 156 valence electrons. The second-order valence-corrected chi connectivity index (χ2v) is 8.49. The van der Waals surface area contributed by atoms with Crippen molar-refractivity contribution in [1.82, 2.24) is 19.7 Å². The van der Waals surface area contributed by atoms with E-state index in [4.69, 9.17) is 0 Å². The average Bonchev–Trinajstić information content (AvgIpc) is 3.33. The van der Waals surface area contributed by atoms with Gasteiger partial charge in [0, 0.05) is 25.0 Å². The van der Waals surface area contributed by atoms with Gasteiger partial charge < -0.3 is 14.8 Å². The molecular formula is C23H26N4O3. The van der Waals surface area contributed by atoms with Crippen molar-refractivity contribution in [2.75, 3.05) is 13.1 Å². The summed E-state index contributed by atoms with van der Waals surface area (Å²) in [4.78, 5) is 42.0. The maximum absolute atomic E-state index is 13.4. The van der Waals surface area contributed by atoms with Crippen LogP contribution in [0.2, 0.25) is 0 Å². The molecule has 3 aliphatic rings. The van der Waals surface area contributed by atoms with E-state index in [1.165, 1.54) is 0 Å². The van der Waals surface area contributed by atoms with Crippen molar-refractivity contribution in [3.8, 4) is 0 Å². The molecular weight excluding hydrogens is 380 g/mol. The second-order valence-electron chi connectivity index (χ2n) is 8.49. The zero-order chi connectivity index (χ0) is 20.7. The fourth-order valence-corrected chi connectivity index (χ4v) is 5.18. The Labute approximate surface area is 175 Å². The van der Waals surface area contributed by atoms with Gasteiger partial charge in [-0.2, -0.15) is 0 Å². The summed E-state index contributed by atoms with van der Waals surface area (Å²) < 4.78 is 2.16. The Morgan fingerprint density at radius 1 is 1.00 bits per heavy atom. The topological polar surface area (TPSA) is 74.7 Å². The quantitative estimate of drug-likeness (QED) is 0.797. The third-order valence-corrected chi connectivity index (χ3v) is 6.72. The number of hydrogen-bond donors (Lipinski definition) is 1. The summed E-state index contributed by atoms with van der Waals surface area (Å²) in [6.07, 6.45) is 6.27. The van der Waals surface area contributed by atoms with Crippen LogP contribution in [0.4, 0.5) is 4.79 Å². The van der Waals surface area contributed by atoms with Gasteiger partial charge in [0.25, 0.3) is 5.91 Å². The van der Waals surface area contributed by atoms with Crippen molar-refractivity contribution < 1.29 is 14.4 Å². The van der Waals surface area contributed by atoms with Crippen LogP contribution in [0.5, 0.6) is 0 Å². The lowest BCUT2D eigenvalue weighted by Crippen LogP contribution is -2.50. The summed E-state index contributed by atoms with van der Waals surface area (Å²) >= 11 is 0. The van der Waals surface area contributed by atoms with Crippen molar-refractivity contribution in [3.05, 3.63) is 59.9 Å². The number of amides is 4. The van der Waals surface area contributed by atoms with Crippen LogP contribution >= 0.6 is 0 Å². The van der Waals surface area contributed by atoms with Gasteiger partial charge in [-0.1, -0.05) is 49.6 Å². The van der Waals surface area contributed by atoms with Crippen molar-refractivity contribution in [2.24, 2.45) is 0 Å². The van der Waals surface area contributed by atoms with E-state index in [0.29, 0.717) is 25.9 Å². The number of benzene rings is 1. The van der Waals surface area contributed by atoms with Crippen LogP contribution in [0.15, 0.2) is 48.7 Å². The molecule has 0 bridgehead atoms. The predicted octanol–water partition coefficient (Wildman–Crippen LogP) is 2.67. The fraction of sp³-hybridized carbons (Fsp3) is 0.435. The van der Waals surface area contributed by atoms with Crippen LogP contribution in [-0.2, 0) is 16.1 Å². The first kappa shape index (κ1) is 18.9. The lowest BCUT2D eigenvalue weighted by molar-refractivity contribution is -0.141. The van der Waals surface area contributed by atoms with Crippen molar-refractivity contribution in [1.29, 1.82) is 0 Å². The number of rotatable bonds is 3. The summed E-state index contributed by atoms with van der Waals surface area (Å²) in [5, 5.41) is 2.89. The standard InChI is InChI=1S/C23H26N4O3/c28-19(16-27-21(29)23(24-22(27)30)11-5-2-6-12-23)26-15-14-25-13-7-10-18(25)20(26)17-8-3-1-4-9-17/h1,3-4,7-10,13,20H,2,5-6,11-12,14-16H2,(H,24,30). The normalized spacial score (nSPS) is 22.9. The molecule has 30 heavy (non-hydrogen) atoms. The summed E-state index contributed by atoms with van der Waals surface area (Å²) in [5.41, 5.74) is 1.26. The van der Waals surface area contributed by atoms with Crippen LogP contribution in [0, 0.1) is 0 Å². The Hall–Kier alpha value is -3.09. The average molecular weight is 406 g/mol. The third kappa shape index (κ3) is 3.00. The first-order valence-electron chi connectivity index (χ1n) is 10.7. The van der Waals surface area contributed by atoms with Crippen molar-refractivity contribution >= 4 is 17.8 Å². The molecule has 5 rings (SSSR count). The summed E-state index contributed by atoms with van der Waals surface area (Å²) in [6.45, 7) is 1.02. The van der Waals surface area contributed by atoms with Gasteiger partial charge in [-0.25, -0.2) is 4.79 Å². The van der Waals surface area contributed by atoms with Crippen LogP contribution in [0.1, 0.15) is 49.4 Å². The molecule has 2 aliphatic heterocycles. The predicted molar refractivity (Wildman–Crippen MR) is 110 cm³/mol. The van der Waals surface area contributed by atoms with E-state index in [9.17, 15) is 14.4 Å². The molecule has 3 heterocycles. The Morgan fingerprint density at radius 2 is 1.77 bits per heavy atom. The summed E-state index contributed by atoms with van der Waals surface area (Å²) in [5.74, 6) is -0.440. The van der Waals surface area contributed by atoms with Gasteiger partial charge >= 0.3 is 6.03 Å². The first-order valence-corrected chi connectivity index (χ1v) is 10.7. The number of urea groups is 1. The minimum absolute atomic E-state index is 0.201. The molecule has 2 aromatic rings. The molecule has 1 saturated carbocycles. The molecule has 1 unspecified atom stereocenters. The fourth-order valence-electron chi connectivity index (χ4n) is 5.18. The molecule has 1 spiro atoms. The second kappa shape index (κ2) is 7.31. The smallest absolute Gasteiger partial charge is 0.325 e. The molecule has 1 aliphatic carbocycles. The monoisotopic (exact) mass is 406 g/mol. The highest BCUT2D eigenvalue weighted by atomic mass is 16.2.